The molecule has 3 heterocycles. The third-order valence-electron chi connectivity index (χ3n) is 4.10. The van der Waals surface area contributed by atoms with Crippen molar-refractivity contribution in [2.75, 3.05) is 19.7 Å². The molecule has 24 heavy (non-hydrogen) atoms. The van der Waals surface area contributed by atoms with Gasteiger partial charge in [0.25, 0.3) is 5.91 Å². The maximum Gasteiger partial charge on any atom is 0.255 e. The highest BCUT2D eigenvalue weighted by Gasteiger charge is 2.25. The van der Waals surface area contributed by atoms with E-state index in [2.05, 4.69) is 21.9 Å². The molecule has 1 aliphatic heterocycles. The number of carbonyl (C=O) groups excluding carboxylic acids is 1. The van der Waals surface area contributed by atoms with E-state index in [1.807, 2.05) is 11.0 Å². The number of nitrogens with zero attached hydrogens (tertiary/aromatic N) is 4. The van der Waals surface area contributed by atoms with Crippen LogP contribution in [0.2, 0.25) is 0 Å². The van der Waals surface area contributed by atoms with E-state index in [1.54, 1.807) is 24.8 Å². The molecule has 1 fully saturated rings. The number of rotatable bonds is 5. The number of aromatic nitrogens is 3. The van der Waals surface area contributed by atoms with Crippen molar-refractivity contribution in [2.24, 2.45) is 0 Å². The minimum absolute atomic E-state index is 0.00555. The molecule has 0 aliphatic carbocycles. The minimum atomic E-state index is 0.00555. The number of pyridine rings is 1. The molecule has 0 radical (unpaired) electrons. The lowest BCUT2D eigenvalue weighted by atomic mass is 10.1. The first-order valence-corrected chi connectivity index (χ1v) is 8.39. The number of hydrogen-bond acceptors (Lipinski definition) is 5. The molecule has 3 rings (SSSR count). The van der Waals surface area contributed by atoms with Gasteiger partial charge in [0.2, 0.25) is 0 Å². The van der Waals surface area contributed by atoms with Gasteiger partial charge < -0.3 is 9.64 Å². The van der Waals surface area contributed by atoms with Crippen LogP contribution in [0.15, 0.2) is 37.2 Å². The Bertz CT molecular complexity index is 678. The second kappa shape index (κ2) is 7.97. The van der Waals surface area contributed by atoms with Crippen molar-refractivity contribution in [3.05, 3.63) is 42.7 Å². The molecular weight excluding hydrogens is 304 g/mol. The summed E-state index contributed by atoms with van der Waals surface area (Å²) in [4.78, 5) is 26.9. The second-order valence-electron chi connectivity index (χ2n) is 5.98. The highest BCUT2D eigenvalue weighted by molar-refractivity contribution is 5.95. The monoisotopic (exact) mass is 326 g/mol. The van der Waals surface area contributed by atoms with Gasteiger partial charge in [-0.05, 0) is 25.3 Å². The largest absolute Gasteiger partial charge is 0.376 e. The van der Waals surface area contributed by atoms with Crippen molar-refractivity contribution in [2.45, 2.75) is 32.3 Å². The smallest absolute Gasteiger partial charge is 0.255 e. The molecule has 0 unspecified atom stereocenters. The standard InChI is InChI=1S/C18H22N4O2/c1-2-6-24-17-4-3-5-22(12-17)18(23)15-7-14(8-19-9-15)16-10-20-13-21-11-16/h7-11,13,17H,2-6,12H2,1H3/t17-/m1/s1. The van der Waals surface area contributed by atoms with Crippen LogP contribution < -0.4 is 0 Å². The van der Waals surface area contributed by atoms with Crippen LogP contribution in [0.4, 0.5) is 0 Å². The molecule has 2 aromatic rings. The van der Waals surface area contributed by atoms with Gasteiger partial charge in [0.1, 0.15) is 6.33 Å². The van der Waals surface area contributed by atoms with Crippen molar-refractivity contribution < 1.29 is 9.53 Å². The zero-order valence-corrected chi connectivity index (χ0v) is 13.9. The maximum absolute atomic E-state index is 12.8. The number of carbonyl (C=O) groups is 1. The van der Waals surface area contributed by atoms with Gasteiger partial charge in [-0.2, -0.15) is 0 Å². The maximum atomic E-state index is 12.8. The fourth-order valence-corrected chi connectivity index (χ4v) is 2.89. The van der Waals surface area contributed by atoms with Crippen molar-refractivity contribution in [1.29, 1.82) is 0 Å². The summed E-state index contributed by atoms with van der Waals surface area (Å²) in [6.45, 7) is 4.26. The van der Waals surface area contributed by atoms with Gasteiger partial charge in [0.15, 0.2) is 0 Å². The van der Waals surface area contributed by atoms with E-state index in [1.165, 1.54) is 6.33 Å². The van der Waals surface area contributed by atoms with E-state index in [9.17, 15) is 4.79 Å². The molecule has 1 atom stereocenters. The van der Waals surface area contributed by atoms with E-state index in [-0.39, 0.29) is 12.0 Å². The quantitative estimate of drug-likeness (QED) is 0.845. The molecule has 0 aromatic carbocycles. The number of ether oxygens (including phenoxy) is 1. The number of amides is 1. The molecule has 0 saturated carbocycles. The topological polar surface area (TPSA) is 68.2 Å². The SMILES string of the molecule is CCCO[C@@H]1CCCN(C(=O)c2cncc(-c3cncnc3)c2)C1. The molecule has 2 aromatic heterocycles. The van der Waals surface area contributed by atoms with E-state index >= 15 is 0 Å². The minimum Gasteiger partial charge on any atom is -0.376 e. The molecule has 0 spiro atoms. The van der Waals surface area contributed by atoms with Crippen LogP contribution in [0.25, 0.3) is 11.1 Å². The van der Waals surface area contributed by atoms with Crippen LogP contribution in [-0.4, -0.2) is 51.6 Å². The molecule has 6 heteroatoms. The first-order chi connectivity index (χ1) is 11.8. The van der Waals surface area contributed by atoms with Gasteiger partial charge in [-0.3, -0.25) is 9.78 Å². The summed E-state index contributed by atoms with van der Waals surface area (Å²) >= 11 is 0. The van der Waals surface area contributed by atoms with Crippen molar-refractivity contribution >= 4 is 5.91 Å². The summed E-state index contributed by atoms with van der Waals surface area (Å²) in [5.41, 5.74) is 2.28. The summed E-state index contributed by atoms with van der Waals surface area (Å²) in [6.07, 6.45) is 11.4. The number of hydrogen-bond donors (Lipinski definition) is 0. The molecule has 0 N–H and O–H groups in total. The summed E-state index contributed by atoms with van der Waals surface area (Å²) in [7, 11) is 0. The lowest BCUT2D eigenvalue weighted by Crippen LogP contribution is -2.43. The van der Waals surface area contributed by atoms with Gasteiger partial charge in [0, 0.05) is 55.6 Å². The molecule has 1 saturated heterocycles. The van der Waals surface area contributed by atoms with Gasteiger partial charge >= 0.3 is 0 Å². The summed E-state index contributed by atoms with van der Waals surface area (Å²) in [5.74, 6) is 0.00555. The van der Waals surface area contributed by atoms with Gasteiger partial charge in [-0.15, -0.1) is 0 Å². The Balaban J connectivity index is 1.73. The van der Waals surface area contributed by atoms with Crippen molar-refractivity contribution in [3.8, 4) is 11.1 Å². The van der Waals surface area contributed by atoms with E-state index < -0.39 is 0 Å². The Kier molecular flexibility index (Phi) is 5.48. The van der Waals surface area contributed by atoms with Gasteiger partial charge in [-0.25, -0.2) is 9.97 Å². The molecular formula is C18H22N4O2. The Morgan fingerprint density at radius 1 is 1.21 bits per heavy atom. The van der Waals surface area contributed by atoms with Crippen LogP contribution in [0.5, 0.6) is 0 Å². The second-order valence-corrected chi connectivity index (χ2v) is 5.98. The van der Waals surface area contributed by atoms with Gasteiger partial charge in [-0.1, -0.05) is 6.92 Å². The Hall–Kier alpha value is -2.34. The molecule has 126 valence electrons. The number of piperidine rings is 1. The van der Waals surface area contributed by atoms with Crippen LogP contribution in [0.1, 0.15) is 36.5 Å². The van der Waals surface area contributed by atoms with Crippen LogP contribution in [0, 0.1) is 0 Å². The third kappa shape index (κ3) is 3.94. The van der Waals surface area contributed by atoms with Crippen molar-refractivity contribution in [3.63, 3.8) is 0 Å². The zero-order valence-electron chi connectivity index (χ0n) is 13.9. The van der Waals surface area contributed by atoms with E-state index in [4.69, 9.17) is 4.74 Å². The van der Waals surface area contributed by atoms with E-state index in [0.717, 1.165) is 43.5 Å². The zero-order chi connectivity index (χ0) is 16.8. The lowest BCUT2D eigenvalue weighted by molar-refractivity contribution is 0.00210. The van der Waals surface area contributed by atoms with Crippen LogP contribution >= 0.6 is 0 Å². The number of likely N-dealkylation sites (tertiary alicyclic amines) is 1. The summed E-state index contributed by atoms with van der Waals surface area (Å²) in [5, 5.41) is 0. The molecule has 6 nitrogen and oxygen atoms in total. The predicted octanol–water partition coefficient (Wildman–Crippen LogP) is 2.57. The first kappa shape index (κ1) is 16.5. The van der Waals surface area contributed by atoms with Crippen LogP contribution in [-0.2, 0) is 4.74 Å². The highest BCUT2D eigenvalue weighted by atomic mass is 16.5. The summed E-state index contributed by atoms with van der Waals surface area (Å²) < 4.78 is 5.82. The van der Waals surface area contributed by atoms with Gasteiger partial charge in [0.05, 0.1) is 11.7 Å². The Morgan fingerprint density at radius 2 is 2.00 bits per heavy atom. The summed E-state index contributed by atoms with van der Waals surface area (Å²) in [6, 6.07) is 1.85. The fraction of sp³-hybridized carbons (Fsp3) is 0.444. The van der Waals surface area contributed by atoms with E-state index in [0.29, 0.717) is 12.1 Å². The lowest BCUT2D eigenvalue weighted by Gasteiger charge is -2.32. The normalized spacial score (nSPS) is 17.7. The molecule has 0 bridgehead atoms. The fourth-order valence-electron chi connectivity index (χ4n) is 2.89. The Labute approximate surface area is 141 Å². The average molecular weight is 326 g/mol. The molecule has 1 amide bonds. The van der Waals surface area contributed by atoms with Crippen molar-refractivity contribution in [1.82, 2.24) is 19.9 Å². The predicted molar refractivity (Wildman–Crippen MR) is 90.4 cm³/mol. The van der Waals surface area contributed by atoms with Crippen LogP contribution in [0.3, 0.4) is 0 Å². The highest BCUT2D eigenvalue weighted by Crippen LogP contribution is 2.20. The molecule has 1 aliphatic rings. The Morgan fingerprint density at radius 3 is 2.79 bits per heavy atom. The third-order valence-corrected chi connectivity index (χ3v) is 4.10. The first-order valence-electron chi connectivity index (χ1n) is 8.39. The average Bonchev–Trinajstić information content (AvgIpc) is 2.67.